The minimum Gasteiger partial charge on any atom is -0.352 e. The van der Waals surface area contributed by atoms with Crippen molar-refractivity contribution in [2.24, 2.45) is 0 Å². The van der Waals surface area contributed by atoms with Crippen LogP contribution >= 0.6 is 23.2 Å². The quantitative estimate of drug-likeness (QED) is 0.277. The van der Waals surface area contributed by atoms with E-state index in [4.69, 9.17) is 23.2 Å². The molecule has 41 heavy (non-hydrogen) atoms. The smallest absolute Gasteiger partial charge is 0.264 e. The SMILES string of the molecule is CC[C@@H](C(=O)NC1CCCC1)N(Cc1c(Cl)cccc1Cl)C(=O)CN(c1ccccc1F)S(=O)(=O)c1ccccc1. The summed E-state index contributed by atoms with van der Waals surface area (Å²) in [6.07, 6.45) is 3.96. The van der Waals surface area contributed by atoms with E-state index in [-0.39, 0.29) is 35.5 Å². The topological polar surface area (TPSA) is 86.8 Å². The van der Waals surface area contributed by atoms with E-state index in [0.29, 0.717) is 15.6 Å². The van der Waals surface area contributed by atoms with E-state index >= 15 is 4.39 Å². The molecule has 1 aliphatic rings. The molecular weight excluding hydrogens is 588 g/mol. The fourth-order valence-corrected chi connectivity index (χ4v) is 6.99. The number of carbonyl (C=O) groups is 2. The maximum absolute atomic E-state index is 15.0. The van der Waals surface area contributed by atoms with Crippen LogP contribution in [0.1, 0.15) is 44.6 Å². The van der Waals surface area contributed by atoms with Crippen LogP contribution in [0.4, 0.5) is 10.1 Å². The predicted molar refractivity (Wildman–Crippen MR) is 159 cm³/mol. The summed E-state index contributed by atoms with van der Waals surface area (Å²) in [6, 6.07) is 16.8. The van der Waals surface area contributed by atoms with Gasteiger partial charge in [0, 0.05) is 28.2 Å². The lowest BCUT2D eigenvalue weighted by atomic mass is 10.1. The molecular formula is C30H32Cl2FN3O4S. The number of benzene rings is 3. The molecule has 1 atom stereocenters. The zero-order valence-electron chi connectivity index (χ0n) is 22.6. The number of carbonyl (C=O) groups excluding carboxylic acids is 2. The summed E-state index contributed by atoms with van der Waals surface area (Å²) >= 11 is 12.9. The molecule has 1 fully saturated rings. The van der Waals surface area contributed by atoms with Crippen molar-refractivity contribution in [2.75, 3.05) is 10.8 Å². The first-order chi connectivity index (χ1) is 19.6. The first-order valence-corrected chi connectivity index (χ1v) is 15.7. The second-order valence-corrected chi connectivity index (χ2v) is 12.6. The summed E-state index contributed by atoms with van der Waals surface area (Å²) in [5.74, 6) is -1.87. The number of para-hydroxylation sites is 1. The van der Waals surface area contributed by atoms with E-state index in [1.54, 1.807) is 43.3 Å². The number of anilines is 1. The third-order valence-electron chi connectivity index (χ3n) is 7.21. The van der Waals surface area contributed by atoms with Gasteiger partial charge in [-0.1, -0.05) is 79.4 Å². The largest absolute Gasteiger partial charge is 0.352 e. The zero-order chi connectivity index (χ0) is 29.6. The van der Waals surface area contributed by atoms with Crippen LogP contribution in [0.5, 0.6) is 0 Å². The van der Waals surface area contributed by atoms with Gasteiger partial charge in [-0.2, -0.15) is 0 Å². The third-order valence-corrected chi connectivity index (χ3v) is 9.69. The Balaban J connectivity index is 1.75. The van der Waals surface area contributed by atoms with Crippen LogP contribution in [-0.2, 0) is 26.2 Å². The highest BCUT2D eigenvalue weighted by molar-refractivity contribution is 7.92. The Hall–Kier alpha value is -3.14. The van der Waals surface area contributed by atoms with Crippen molar-refractivity contribution in [3.8, 4) is 0 Å². The lowest BCUT2D eigenvalue weighted by molar-refractivity contribution is -0.140. The molecule has 4 rings (SSSR count). The van der Waals surface area contributed by atoms with Crippen molar-refractivity contribution < 1.29 is 22.4 Å². The summed E-state index contributed by atoms with van der Waals surface area (Å²) < 4.78 is 43.3. The minimum absolute atomic E-state index is 0.00535. The van der Waals surface area contributed by atoms with Gasteiger partial charge >= 0.3 is 0 Å². The van der Waals surface area contributed by atoms with Crippen molar-refractivity contribution in [1.29, 1.82) is 0 Å². The van der Waals surface area contributed by atoms with Gasteiger partial charge in [0.2, 0.25) is 11.8 Å². The van der Waals surface area contributed by atoms with E-state index in [0.717, 1.165) is 36.1 Å². The molecule has 0 heterocycles. The number of halogens is 3. The average molecular weight is 621 g/mol. The number of hydrogen-bond acceptors (Lipinski definition) is 4. The molecule has 1 saturated carbocycles. The molecule has 1 aliphatic carbocycles. The fourth-order valence-electron chi connectivity index (χ4n) is 5.03. The Kier molecular flexibility index (Phi) is 10.3. The second-order valence-electron chi connectivity index (χ2n) is 9.91. The van der Waals surface area contributed by atoms with E-state index in [2.05, 4.69) is 5.32 Å². The molecule has 0 unspecified atom stereocenters. The van der Waals surface area contributed by atoms with Crippen LogP contribution in [0, 0.1) is 5.82 Å². The number of amides is 2. The maximum atomic E-state index is 15.0. The molecule has 0 radical (unpaired) electrons. The molecule has 3 aromatic carbocycles. The lowest BCUT2D eigenvalue weighted by Crippen LogP contribution is -2.53. The lowest BCUT2D eigenvalue weighted by Gasteiger charge is -2.34. The monoisotopic (exact) mass is 619 g/mol. The van der Waals surface area contributed by atoms with E-state index in [1.165, 1.54) is 35.2 Å². The van der Waals surface area contributed by atoms with Crippen LogP contribution in [0.2, 0.25) is 10.0 Å². The predicted octanol–water partition coefficient (Wildman–Crippen LogP) is 6.19. The Morgan fingerprint density at radius 1 is 0.951 bits per heavy atom. The molecule has 0 bridgehead atoms. The van der Waals surface area contributed by atoms with Crippen molar-refractivity contribution in [1.82, 2.24) is 10.2 Å². The molecule has 2 amide bonds. The molecule has 218 valence electrons. The number of nitrogens with zero attached hydrogens (tertiary/aromatic N) is 2. The van der Waals surface area contributed by atoms with Gasteiger partial charge in [0.05, 0.1) is 10.6 Å². The highest BCUT2D eigenvalue weighted by atomic mass is 35.5. The molecule has 0 aliphatic heterocycles. The summed E-state index contributed by atoms with van der Waals surface area (Å²) in [7, 11) is -4.37. The Morgan fingerprint density at radius 2 is 1.56 bits per heavy atom. The summed E-state index contributed by atoms with van der Waals surface area (Å²) in [5, 5.41) is 3.63. The van der Waals surface area contributed by atoms with Gasteiger partial charge in [-0.15, -0.1) is 0 Å². The van der Waals surface area contributed by atoms with Gasteiger partial charge in [-0.05, 0) is 55.7 Å². The number of sulfonamides is 1. The molecule has 3 aromatic rings. The summed E-state index contributed by atoms with van der Waals surface area (Å²) in [6.45, 7) is 0.862. The summed E-state index contributed by atoms with van der Waals surface area (Å²) in [4.78, 5) is 28.8. The van der Waals surface area contributed by atoms with Gasteiger partial charge < -0.3 is 10.2 Å². The number of nitrogens with one attached hydrogen (secondary N) is 1. The van der Waals surface area contributed by atoms with Crippen molar-refractivity contribution >= 4 is 50.7 Å². The number of hydrogen-bond donors (Lipinski definition) is 1. The Morgan fingerprint density at radius 3 is 2.17 bits per heavy atom. The molecule has 1 N–H and O–H groups in total. The van der Waals surface area contributed by atoms with Gasteiger partial charge in [0.1, 0.15) is 18.4 Å². The summed E-state index contributed by atoms with van der Waals surface area (Å²) in [5.41, 5.74) is 0.128. The molecule has 7 nitrogen and oxygen atoms in total. The van der Waals surface area contributed by atoms with Crippen molar-refractivity contribution in [3.05, 3.63) is 94.2 Å². The van der Waals surface area contributed by atoms with Gasteiger partial charge in [-0.25, -0.2) is 12.8 Å². The van der Waals surface area contributed by atoms with Crippen molar-refractivity contribution in [2.45, 2.75) is 62.6 Å². The zero-order valence-corrected chi connectivity index (χ0v) is 24.9. The maximum Gasteiger partial charge on any atom is 0.264 e. The standard InChI is InChI=1S/C30H32Cl2FN3O4S/c1-2-27(30(38)34-21-11-6-7-12-21)35(19-23-24(31)15-10-16-25(23)32)29(37)20-36(28-18-9-8-17-26(28)33)41(39,40)22-13-4-3-5-14-22/h3-5,8-10,13-18,21,27H,2,6-7,11-12,19-20H2,1H3,(H,34,38)/t27-/m0/s1. The third kappa shape index (κ3) is 7.20. The molecule has 11 heteroatoms. The minimum atomic E-state index is -4.37. The molecule has 0 saturated heterocycles. The van der Waals surface area contributed by atoms with E-state index < -0.39 is 34.3 Å². The highest BCUT2D eigenvalue weighted by Gasteiger charge is 2.35. The van der Waals surface area contributed by atoms with E-state index in [9.17, 15) is 18.0 Å². The molecule has 0 aromatic heterocycles. The van der Waals surface area contributed by atoms with Crippen LogP contribution < -0.4 is 9.62 Å². The second kappa shape index (κ2) is 13.7. The first kappa shape index (κ1) is 30.8. The van der Waals surface area contributed by atoms with Gasteiger partial charge in [0.25, 0.3) is 10.0 Å². The first-order valence-electron chi connectivity index (χ1n) is 13.5. The van der Waals surface area contributed by atoms with Crippen LogP contribution in [0.15, 0.2) is 77.7 Å². The normalized spacial score (nSPS) is 14.4. The number of rotatable bonds is 11. The van der Waals surface area contributed by atoms with Crippen LogP contribution in [0.3, 0.4) is 0 Å². The van der Waals surface area contributed by atoms with Crippen molar-refractivity contribution in [3.63, 3.8) is 0 Å². The van der Waals surface area contributed by atoms with Gasteiger partial charge in [0.15, 0.2) is 0 Å². The van der Waals surface area contributed by atoms with E-state index in [1.807, 2.05) is 0 Å². The highest BCUT2D eigenvalue weighted by Crippen LogP contribution is 2.30. The van der Waals surface area contributed by atoms with Crippen LogP contribution in [-0.4, -0.2) is 43.8 Å². The molecule has 0 spiro atoms. The Bertz CT molecular complexity index is 1460. The van der Waals surface area contributed by atoms with Crippen LogP contribution in [0.25, 0.3) is 0 Å². The fraction of sp³-hybridized carbons (Fsp3) is 0.333. The van der Waals surface area contributed by atoms with Gasteiger partial charge in [-0.3, -0.25) is 13.9 Å². The average Bonchev–Trinajstić information content (AvgIpc) is 3.47. The Labute approximate surface area is 250 Å².